The minimum atomic E-state index is -0.556. The average Bonchev–Trinajstić information content (AvgIpc) is 2.62. The number of hydrogen-bond acceptors (Lipinski definition) is 4. The number of aryl methyl sites for hydroxylation is 1. The van der Waals surface area contributed by atoms with E-state index in [1.54, 1.807) is 17.8 Å². The van der Waals surface area contributed by atoms with Crippen LogP contribution in [0.2, 0.25) is 0 Å². The van der Waals surface area contributed by atoms with Gasteiger partial charge in [0.15, 0.2) is 0 Å². The van der Waals surface area contributed by atoms with Crippen molar-refractivity contribution in [2.75, 3.05) is 13.2 Å². The van der Waals surface area contributed by atoms with Crippen molar-refractivity contribution in [1.29, 1.82) is 0 Å². The molecule has 1 unspecified atom stereocenters. The van der Waals surface area contributed by atoms with E-state index in [0.29, 0.717) is 13.2 Å². The molecule has 0 aliphatic rings. The summed E-state index contributed by atoms with van der Waals surface area (Å²) in [6.07, 6.45) is 6.84. The first-order valence-corrected chi connectivity index (χ1v) is 5.43. The van der Waals surface area contributed by atoms with Crippen LogP contribution in [-0.4, -0.2) is 28.9 Å². The van der Waals surface area contributed by atoms with Crippen molar-refractivity contribution in [3.05, 3.63) is 17.5 Å². The Hall–Kier alpha value is -1.80. The molecule has 0 aliphatic heterocycles. The van der Waals surface area contributed by atoms with E-state index in [1.165, 1.54) is 0 Å². The van der Waals surface area contributed by atoms with E-state index in [1.807, 2.05) is 14.0 Å². The molecule has 0 fully saturated rings. The van der Waals surface area contributed by atoms with Crippen LogP contribution in [0.25, 0.3) is 0 Å². The first kappa shape index (κ1) is 13.3. The normalized spacial score (nSPS) is 11.9. The van der Waals surface area contributed by atoms with Gasteiger partial charge in [0, 0.05) is 18.3 Å². The van der Waals surface area contributed by atoms with Gasteiger partial charge in [0.2, 0.25) is 0 Å². The second-order valence-electron chi connectivity index (χ2n) is 3.58. The molecule has 1 rings (SSSR count). The van der Waals surface area contributed by atoms with Gasteiger partial charge in [-0.05, 0) is 13.8 Å². The molecule has 0 amide bonds. The minimum absolute atomic E-state index is 0.303. The van der Waals surface area contributed by atoms with Crippen molar-refractivity contribution in [2.24, 2.45) is 7.05 Å². The van der Waals surface area contributed by atoms with Gasteiger partial charge >= 0.3 is 5.97 Å². The maximum atomic E-state index is 11.8. The number of terminal acetylenes is 1. The topological polar surface area (TPSA) is 56.1 Å². The highest BCUT2D eigenvalue weighted by Crippen LogP contribution is 2.18. The Bertz CT molecular complexity index is 431. The number of nitrogens with one attached hydrogen (secondary N) is 1. The summed E-state index contributed by atoms with van der Waals surface area (Å²) in [5.74, 6) is 2.11. The zero-order chi connectivity index (χ0) is 12.8. The van der Waals surface area contributed by atoms with Crippen LogP contribution in [0, 0.1) is 19.3 Å². The molecule has 0 aromatic carbocycles. The Kier molecular flexibility index (Phi) is 4.73. The standard InChI is InChI=1S/C12H17N3O2/c1-5-7-13-11(12(16)17-6-2)10-8-14-15(4)9(10)3/h1,8,11,13H,6-7H2,2-4H3. The summed E-state index contributed by atoms with van der Waals surface area (Å²) < 4.78 is 6.72. The molecule has 0 bridgehead atoms. The first-order chi connectivity index (χ1) is 8.11. The van der Waals surface area contributed by atoms with E-state index >= 15 is 0 Å². The van der Waals surface area contributed by atoms with Gasteiger partial charge in [-0.3, -0.25) is 10.00 Å². The van der Waals surface area contributed by atoms with Gasteiger partial charge in [-0.25, -0.2) is 4.79 Å². The van der Waals surface area contributed by atoms with Gasteiger partial charge in [-0.1, -0.05) is 5.92 Å². The van der Waals surface area contributed by atoms with E-state index in [-0.39, 0.29) is 5.97 Å². The summed E-state index contributed by atoms with van der Waals surface area (Å²) >= 11 is 0. The van der Waals surface area contributed by atoms with Crippen LogP contribution >= 0.6 is 0 Å². The van der Waals surface area contributed by atoms with Crippen LogP contribution in [0.3, 0.4) is 0 Å². The van der Waals surface area contributed by atoms with Crippen molar-refractivity contribution in [3.8, 4) is 12.3 Å². The summed E-state index contributed by atoms with van der Waals surface area (Å²) in [5.41, 5.74) is 1.70. The van der Waals surface area contributed by atoms with Crippen molar-refractivity contribution >= 4 is 5.97 Å². The lowest BCUT2D eigenvalue weighted by molar-refractivity contribution is -0.145. The number of ether oxygens (including phenoxy) is 1. The predicted octanol–water partition coefficient (Wildman–Crippen LogP) is 0.556. The summed E-state index contributed by atoms with van der Waals surface area (Å²) in [5, 5.41) is 7.07. The monoisotopic (exact) mass is 235 g/mol. The van der Waals surface area contributed by atoms with E-state index in [2.05, 4.69) is 16.3 Å². The molecule has 0 radical (unpaired) electrons. The highest BCUT2D eigenvalue weighted by molar-refractivity contribution is 5.78. The van der Waals surface area contributed by atoms with Crippen LogP contribution in [0.5, 0.6) is 0 Å². The molecule has 1 aromatic heterocycles. The smallest absolute Gasteiger partial charge is 0.327 e. The van der Waals surface area contributed by atoms with Gasteiger partial charge in [-0.15, -0.1) is 6.42 Å². The van der Waals surface area contributed by atoms with Gasteiger partial charge in [0.1, 0.15) is 6.04 Å². The molecular formula is C12H17N3O2. The largest absolute Gasteiger partial charge is 0.465 e. The lowest BCUT2D eigenvalue weighted by atomic mass is 10.1. The fourth-order valence-electron chi connectivity index (χ4n) is 1.51. The number of hydrogen-bond donors (Lipinski definition) is 1. The molecule has 0 saturated carbocycles. The fourth-order valence-corrected chi connectivity index (χ4v) is 1.51. The van der Waals surface area contributed by atoms with Gasteiger partial charge in [0.25, 0.3) is 0 Å². The highest BCUT2D eigenvalue weighted by atomic mass is 16.5. The van der Waals surface area contributed by atoms with E-state index < -0.39 is 6.04 Å². The Morgan fingerprint density at radius 1 is 1.76 bits per heavy atom. The molecule has 0 saturated heterocycles. The van der Waals surface area contributed by atoms with Crippen LogP contribution in [0.4, 0.5) is 0 Å². The molecule has 5 heteroatoms. The molecule has 17 heavy (non-hydrogen) atoms. The van der Waals surface area contributed by atoms with E-state index in [4.69, 9.17) is 11.2 Å². The number of carbonyl (C=O) groups is 1. The van der Waals surface area contributed by atoms with Crippen molar-refractivity contribution in [3.63, 3.8) is 0 Å². The molecule has 5 nitrogen and oxygen atoms in total. The lowest BCUT2D eigenvalue weighted by Gasteiger charge is -2.15. The van der Waals surface area contributed by atoms with Crippen LogP contribution in [0.15, 0.2) is 6.20 Å². The van der Waals surface area contributed by atoms with Gasteiger partial charge in [0.05, 0.1) is 19.3 Å². The number of aromatic nitrogens is 2. The molecule has 1 N–H and O–H groups in total. The SMILES string of the molecule is C#CCNC(C(=O)OCC)c1cnn(C)c1C. The lowest BCUT2D eigenvalue weighted by Crippen LogP contribution is -2.31. The number of carbonyl (C=O) groups excluding carboxylic acids is 1. The summed E-state index contributed by atoms with van der Waals surface area (Å²) in [4.78, 5) is 11.8. The third-order valence-electron chi connectivity index (χ3n) is 2.51. The number of nitrogens with zero attached hydrogens (tertiary/aromatic N) is 2. The summed E-state index contributed by atoms with van der Waals surface area (Å²) in [6, 6.07) is -0.556. The number of rotatable bonds is 5. The summed E-state index contributed by atoms with van der Waals surface area (Å²) in [6.45, 7) is 4.31. The highest BCUT2D eigenvalue weighted by Gasteiger charge is 2.24. The average molecular weight is 235 g/mol. The zero-order valence-corrected chi connectivity index (χ0v) is 10.4. The van der Waals surface area contributed by atoms with Crippen molar-refractivity contribution < 1.29 is 9.53 Å². The van der Waals surface area contributed by atoms with Crippen molar-refractivity contribution in [1.82, 2.24) is 15.1 Å². The van der Waals surface area contributed by atoms with Crippen LogP contribution in [0.1, 0.15) is 24.2 Å². The summed E-state index contributed by atoms with van der Waals surface area (Å²) in [7, 11) is 1.82. The fraction of sp³-hybridized carbons (Fsp3) is 0.500. The van der Waals surface area contributed by atoms with E-state index in [0.717, 1.165) is 11.3 Å². The molecule has 0 aliphatic carbocycles. The Labute approximate surface area is 101 Å². The van der Waals surface area contributed by atoms with Crippen molar-refractivity contribution in [2.45, 2.75) is 19.9 Å². The third kappa shape index (κ3) is 3.08. The maximum absolute atomic E-state index is 11.8. The molecule has 0 spiro atoms. The number of esters is 1. The Morgan fingerprint density at radius 2 is 2.47 bits per heavy atom. The van der Waals surface area contributed by atoms with Crippen LogP contribution < -0.4 is 5.32 Å². The second kappa shape index (κ2) is 6.06. The third-order valence-corrected chi connectivity index (χ3v) is 2.51. The maximum Gasteiger partial charge on any atom is 0.327 e. The second-order valence-corrected chi connectivity index (χ2v) is 3.58. The molecule has 1 atom stereocenters. The Balaban J connectivity index is 2.94. The molecule has 92 valence electrons. The van der Waals surface area contributed by atoms with Gasteiger partial charge < -0.3 is 4.74 Å². The van der Waals surface area contributed by atoms with E-state index in [9.17, 15) is 4.79 Å². The molecule has 1 heterocycles. The molecule has 1 aromatic rings. The predicted molar refractivity (Wildman–Crippen MR) is 64.2 cm³/mol. The first-order valence-electron chi connectivity index (χ1n) is 5.43. The van der Waals surface area contributed by atoms with Gasteiger partial charge in [-0.2, -0.15) is 5.10 Å². The minimum Gasteiger partial charge on any atom is -0.465 e. The zero-order valence-electron chi connectivity index (χ0n) is 10.4. The molecular weight excluding hydrogens is 218 g/mol. The Morgan fingerprint density at radius 3 is 2.94 bits per heavy atom. The van der Waals surface area contributed by atoms with Crippen LogP contribution in [-0.2, 0) is 16.6 Å². The quantitative estimate of drug-likeness (QED) is 0.598.